The lowest BCUT2D eigenvalue weighted by molar-refractivity contribution is -0.145. The van der Waals surface area contributed by atoms with Crippen molar-refractivity contribution in [1.29, 1.82) is 0 Å². The number of halogens is 3. The summed E-state index contributed by atoms with van der Waals surface area (Å²) in [5.74, 6) is 0. The lowest BCUT2D eigenvalue weighted by atomic mass is 10.3. The van der Waals surface area contributed by atoms with Crippen molar-refractivity contribution in [3.63, 3.8) is 0 Å². The fourth-order valence-corrected chi connectivity index (χ4v) is 1.97. The second kappa shape index (κ2) is 6.42. The van der Waals surface area contributed by atoms with Gasteiger partial charge in [-0.25, -0.2) is 0 Å². The second-order valence-electron chi connectivity index (χ2n) is 4.23. The molecule has 1 saturated heterocycles. The van der Waals surface area contributed by atoms with Crippen molar-refractivity contribution in [2.24, 2.45) is 5.73 Å². The minimum atomic E-state index is -4.08. The lowest BCUT2D eigenvalue weighted by Crippen LogP contribution is -2.37. The molecular formula is C10H20F3N3. The molecular weight excluding hydrogens is 219 g/mol. The van der Waals surface area contributed by atoms with E-state index in [2.05, 4.69) is 4.90 Å². The Morgan fingerprint density at radius 2 is 1.62 bits per heavy atom. The van der Waals surface area contributed by atoms with Gasteiger partial charge in [0.15, 0.2) is 0 Å². The first kappa shape index (κ1) is 13.7. The predicted octanol–water partition coefficient (Wildman–Crippen LogP) is 0.905. The Bertz CT molecular complexity index is 196. The molecule has 0 aromatic heterocycles. The van der Waals surface area contributed by atoms with Crippen LogP contribution < -0.4 is 5.73 Å². The maximum Gasteiger partial charge on any atom is 0.401 e. The molecule has 2 N–H and O–H groups in total. The van der Waals surface area contributed by atoms with Gasteiger partial charge < -0.3 is 10.6 Å². The third-order valence-corrected chi connectivity index (χ3v) is 2.76. The molecule has 0 radical (unpaired) electrons. The first-order valence-electron chi connectivity index (χ1n) is 5.73. The summed E-state index contributed by atoms with van der Waals surface area (Å²) in [5.41, 5.74) is 5.41. The van der Waals surface area contributed by atoms with Crippen LogP contribution in [0.2, 0.25) is 0 Å². The molecule has 1 rings (SSSR count). The van der Waals surface area contributed by atoms with Crippen molar-refractivity contribution >= 4 is 0 Å². The summed E-state index contributed by atoms with van der Waals surface area (Å²) < 4.78 is 36.6. The van der Waals surface area contributed by atoms with Crippen LogP contribution in [0.1, 0.15) is 12.8 Å². The largest absolute Gasteiger partial charge is 0.401 e. The number of hydrogen-bond acceptors (Lipinski definition) is 3. The SMILES string of the molecule is NCCCN1CCCN(CC(F)(F)F)CC1. The summed E-state index contributed by atoms with van der Waals surface area (Å²) in [6.07, 6.45) is -2.35. The molecule has 0 amide bonds. The highest BCUT2D eigenvalue weighted by Crippen LogP contribution is 2.17. The quantitative estimate of drug-likeness (QED) is 0.791. The number of rotatable bonds is 4. The topological polar surface area (TPSA) is 32.5 Å². The number of alkyl halides is 3. The average Bonchev–Trinajstić information content (AvgIpc) is 2.38. The second-order valence-corrected chi connectivity index (χ2v) is 4.23. The fourth-order valence-electron chi connectivity index (χ4n) is 1.97. The zero-order valence-electron chi connectivity index (χ0n) is 9.47. The summed E-state index contributed by atoms with van der Waals surface area (Å²) in [6.45, 7) is 3.41. The Morgan fingerprint density at radius 1 is 1.00 bits per heavy atom. The van der Waals surface area contributed by atoms with E-state index in [4.69, 9.17) is 5.73 Å². The summed E-state index contributed by atoms with van der Waals surface area (Å²) in [5, 5.41) is 0. The molecule has 0 saturated carbocycles. The Morgan fingerprint density at radius 3 is 2.25 bits per heavy atom. The third-order valence-electron chi connectivity index (χ3n) is 2.76. The van der Waals surface area contributed by atoms with Crippen molar-refractivity contribution < 1.29 is 13.2 Å². The van der Waals surface area contributed by atoms with E-state index in [0.717, 1.165) is 32.5 Å². The minimum absolute atomic E-state index is 0.504. The maximum atomic E-state index is 12.2. The molecule has 96 valence electrons. The molecule has 0 atom stereocenters. The van der Waals surface area contributed by atoms with E-state index in [1.807, 2.05) is 0 Å². The normalized spacial score (nSPS) is 21.0. The number of nitrogens with two attached hydrogens (primary N) is 1. The Labute approximate surface area is 94.4 Å². The summed E-state index contributed by atoms with van der Waals surface area (Å²) >= 11 is 0. The molecule has 1 fully saturated rings. The molecule has 0 bridgehead atoms. The van der Waals surface area contributed by atoms with Crippen LogP contribution in [0, 0.1) is 0 Å². The Balaban J connectivity index is 2.29. The van der Waals surface area contributed by atoms with Crippen molar-refractivity contribution in [2.75, 3.05) is 45.8 Å². The molecule has 0 aliphatic carbocycles. The zero-order chi connectivity index (χ0) is 12.0. The van der Waals surface area contributed by atoms with Crippen molar-refractivity contribution in [3.05, 3.63) is 0 Å². The van der Waals surface area contributed by atoms with E-state index < -0.39 is 12.7 Å². The van der Waals surface area contributed by atoms with Crippen LogP contribution in [0.5, 0.6) is 0 Å². The van der Waals surface area contributed by atoms with Crippen LogP contribution in [0.25, 0.3) is 0 Å². The molecule has 16 heavy (non-hydrogen) atoms. The van der Waals surface area contributed by atoms with Crippen molar-refractivity contribution in [3.8, 4) is 0 Å². The van der Waals surface area contributed by atoms with Gasteiger partial charge >= 0.3 is 6.18 Å². The van der Waals surface area contributed by atoms with Crippen LogP contribution in [0.4, 0.5) is 13.2 Å². The number of hydrogen-bond donors (Lipinski definition) is 1. The van der Waals surface area contributed by atoms with Crippen LogP contribution in [-0.2, 0) is 0 Å². The summed E-state index contributed by atoms with van der Waals surface area (Å²) in [7, 11) is 0. The van der Waals surface area contributed by atoms with E-state index in [1.54, 1.807) is 0 Å². The van der Waals surface area contributed by atoms with Gasteiger partial charge in [0.25, 0.3) is 0 Å². The summed E-state index contributed by atoms with van der Waals surface area (Å²) in [6, 6.07) is 0. The van der Waals surface area contributed by atoms with Crippen molar-refractivity contribution in [2.45, 2.75) is 19.0 Å². The van der Waals surface area contributed by atoms with Gasteiger partial charge in [-0.05, 0) is 39.0 Å². The van der Waals surface area contributed by atoms with Gasteiger partial charge in [-0.1, -0.05) is 0 Å². The van der Waals surface area contributed by atoms with E-state index in [1.165, 1.54) is 4.90 Å². The summed E-state index contributed by atoms with van der Waals surface area (Å²) in [4.78, 5) is 3.69. The smallest absolute Gasteiger partial charge is 0.330 e. The van der Waals surface area contributed by atoms with Crippen LogP contribution in [-0.4, -0.2) is 61.8 Å². The minimum Gasteiger partial charge on any atom is -0.330 e. The average molecular weight is 239 g/mol. The van der Waals surface area contributed by atoms with Crippen LogP contribution in [0.3, 0.4) is 0 Å². The molecule has 3 nitrogen and oxygen atoms in total. The van der Waals surface area contributed by atoms with Crippen molar-refractivity contribution in [1.82, 2.24) is 9.80 Å². The molecule has 1 aliphatic rings. The molecule has 1 heterocycles. The number of nitrogens with zero attached hydrogens (tertiary/aromatic N) is 2. The third kappa shape index (κ3) is 5.67. The fraction of sp³-hybridized carbons (Fsp3) is 1.00. The molecule has 0 aromatic rings. The van der Waals surface area contributed by atoms with Gasteiger partial charge in [-0.3, -0.25) is 4.90 Å². The van der Waals surface area contributed by atoms with Crippen LogP contribution in [0.15, 0.2) is 0 Å². The van der Waals surface area contributed by atoms with E-state index in [0.29, 0.717) is 19.6 Å². The first-order chi connectivity index (χ1) is 7.51. The molecule has 0 aromatic carbocycles. The maximum absolute atomic E-state index is 12.2. The molecule has 6 heteroatoms. The highest BCUT2D eigenvalue weighted by atomic mass is 19.4. The van der Waals surface area contributed by atoms with E-state index in [9.17, 15) is 13.2 Å². The van der Waals surface area contributed by atoms with E-state index >= 15 is 0 Å². The highest BCUT2D eigenvalue weighted by molar-refractivity contribution is 4.71. The van der Waals surface area contributed by atoms with Gasteiger partial charge in [-0.2, -0.15) is 13.2 Å². The monoisotopic (exact) mass is 239 g/mol. The van der Waals surface area contributed by atoms with Gasteiger partial charge in [0.05, 0.1) is 6.54 Å². The highest BCUT2D eigenvalue weighted by Gasteiger charge is 2.31. The van der Waals surface area contributed by atoms with Gasteiger partial charge in [-0.15, -0.1) is 0 Å². The Hall–Kier alpha value is -0.330. The molecule has 0 spiro atoms. The van der Waals surface area contributed by atoms with Gasteiger partial charge in [0.2, 0.25) is 0 Å². The standard InChI is InChI=1S/C10H20F3N3/c11-10(12,13)9-16-6-2-5-15(7-8-16)4-1-3-14/h1-9,14H2. The predicted molar refractivity (Wildman–Crippen MR) is 57.2 cm³/mol. The Kier molecular flexibility index (Phi) is 5.51. The lowest BCUT2D eigenvalue weighted by Gasteiger charge is -2.22. The first-order valence-corrected chi connectivity index (χ1v) is 5.73. The van der Waals surface area contributed by atoms with E-state index in [-0.39, 0.29) is 0 Å². The molecule has 0 unspecified atom stereocenters. The van der Waals surface area contributed by atoms with Crippen LogP contribution >= 0.6 is 0 Å². The van der Waals surface area contributed by atoms with Gasteiger partial charge in [0, 0.05) is 13.1 Å². The van der Waals surface area contributed by atoms with Gasteiger partial charge in [0.1, 0.15) is 0 Å². The zero-order valence-corrected chi connectivity index (χ0v) is 9.47. The molecule has 1 aliphatic heterocycles.